The van der Waals surface area contributed by atoms with E-state index in [0.29, 0.717) is 0 Å². The van der Waals surface area contributed by atoms with Gasteiger partial charge in [0.15, 0.2) is 0 Å². The number of rotatable bonds is 5. The van der Waals surface area contributed by atoms with Crippen LogP contribution in [0.2, 0.25) is 0 Å². The van der Waals surface area contributed by atoms with Crippen LogP contribution in [-0.4, -0.2) is 91.7 Å². The minimum Gasteiger partial charge on any atom is -0.468 e. The Balaban J connectivity index is 0.00000210. The number of likely N-dealkylation sites (N-methyl/N-ethyl adjacent to an activating group) is 1. The van der Waals surface area contributed by atoms with Gasteiger partial charge in [0.25, 0.3) is 0 Å². The lowest BCUT2D eigenvalue weighted by Gasteiger charge is -2.40. The molecule has 0 atom stereocenters. The number of carbonyl (C=O) groups is 2. The summed E-state index contributed by atoms with van der Waals surface area (Å²) in [6.07, 6.45) is 5.26. The lowest BCUT2D eigenvalue weighted by molar-refractivity contribution is -0.149. The summed E-state index contributed by atoms with van der Waals surface area (Å²) in [6.45, 7) is 5.08. The van der Waals surface area contributed by atoms with Gasteiger partial charge in [-0.1, -0.05) is 0 Å². The van der Waals surface area contributed by atoms with E-state index >= 15 is 0 Å². The molecule has 0 N–H and O–H groups in total. The highest BCUT2D eigenvalue weighted by atomic mass is 35.5. The highest BCUT2D eigenvalue weighted by Crippen LogP contribution is 2.22. The standard InChI is InChI=1S/C19H29N5O3.2ClH/c1-21(15-18(25)27-2)24-9-5-16(6-10-24)19(26)23-13-11-22(12-14-23)17-3-7-20-8-4-17;;/h3-4,7-8,16H,5-6,9-15H2,1-2H3;2*1H. The van der Waals surface area contributed by atoms with Crippen molar-refractivity contribution >= 4 is 42.4 Å². The van der Waals surface area contributed by atoms with Crippen LogP contribution in [0.15, 0.2) is 24.5 Å². The Morgan fingerprint density at radius 2 is 1.66 bits per heavy atom. The molecular weight excluding hydrogens is 417 g/mol. The zero-order valence-electron chi connectivity index (χ0n) is 17.0. The average molecular weight is 448 g/mol. The van der Waals surface area contributed by atoms with Crippen molar-refractivity contribution in [1.29, 1.82) is 0 Å². The molecule has 164 valence electrons. The fourth-order valence-corrected chi connectivity index (χ4v) is 3.80. The molecular formula is C19H31Cl2N5O3. The van der Waals surface area contributed by atoms with Gasteiger partial charge >= 0.3 is 5.97 Å². The van der Waals surface area contributed by atoms with Gasteiger partial charge in [-0.25, -0.2) is 10.0 Å². The number of esters is 1. The second kappa shape index (κ2) is 12.2. The number of hydrogen-bond donors (Lipinski definition) is 0. The van der Waals surface area contributed by atoms with Crippen molar-refractivity contribution in [1.82, 2.24) is 19.9 Å². The SMILES string of the molecule is COC(=O)CN(C)N1CCC(C(=O)N2CCN(c3ccncc3)CC2)CC1.Cl.Cl. The molecule has 2 saturated heterocycles. The number of hydrazine groups is 1. The van der Waals surface area contributed by atoms with Crippen molar-refractivity contribution in [2.45, 2.75) is 12.8 Å². The Morgan fingerprint density at radius 3 is 2.21 bits per heavy atom. The average Bonchev–Trinajstić information content (AvgIpc) is 2.74. The molecule has 0 bridgehead atoms. The summed E-state index contributed by atoms with van der Waals surface area (Å²) >= 11 is 0. The minimum atomic E-state index is -0.247. The maximum absolute atomic E-state index is 12.9. The summed E-state index contributed by atoms with van der Waals surface area (Å²) in [7, 11) is 3.28. The highest BCUT2D eigenvalue weighted by Gasteiger charge is 2.31. The first-order chi connectivity index (χ1) is 13.1. The lowest BCUT2D eigenvalue weighted by Crippen LogP contribution is -2.53. The molecule has 3 heterocycles. The lowest BCUT2D eigenvalue weighted by atomic mass is 9.95. The Labute approximate surface area is 185 Å². The third-order valence-corrected chi connectivity index (χ3v) is 5.51. The smallest absolute Gasteiger partial charge is 0.321 e. The second-order valence-electron chi connectivity index (χ2n) is 7.14. The normalized spacial score (nSPS) is 18.0. The molecule has 0 unspecified atom stereocenters. The van der Waals surface area contributed by atoms with Crippen LogP contribution in [0.3, 0.4) is 0 Å². The topological polar surface area (TPSA) is 69.2 Å². The van der Waals surface area contributed by atoms with Crippen LogP contribution in [0, 0.1) is 5.92 Å². The number of aromatic nitrogens is 1. The van der Waals surface area contributed by atoms with Gasteiger partial charge in [-0.15, -0.1) is 24.8 Å². The van der Waals surface area contributed by atoms with E-state index in [9.17, 15) is 9.59 Å². The van der Waals surface area contributed by atoms with Gasteiger partial charge in [0.2, 0.25) is 5.91 Å². The minimum absolute atomic E-state index is 0. The molecule has 0 spiro atoms. The van der Waals surface area contributed by atoms with Crippen LogP contribution >= 0.6 is 24.8 Å². The van der Waals surface area contributed by atoms with Crippen molar-refractivity contribution in [3.63, 3.8) is 0 Å². The molecule has 2 fully saturated rings. The van der Waals surface area contributed by atoms with Crippen molar-refractivity contribution in [2.24, 2.45) is 5.92 Å². The number of piperidine rings is 1. The Kier molecular flexibility index (Phi) is 10.7. The molecule has 1 aromatic heterocycles. The monoisotopic (exact) mass is 447 g/mol. The molecule has 0 saturated carbocycles. The Hall–Kier alpha value is -1.61. The number of ether oxygens (including phenoxy) is 1. The van der Waals surface area contributed by atoms with Gasteiger partial charge in [-0.05, 0) is 25.0 Å². The highest BCUT2D eigenvalue weighted by molar-refractivity contribution is 5.85. The molecule has 10 heteroatoms. The number of amides is 1. The van der Waals surface area contributed by atoms with Crippen LogP contribution in [0.1, 0.15) is 12.8 Å². The summed E-state index contributed by atoms with van der Waals surface area (Å²) in [6, 6.07) is 4.02. The van der Waals surface area contributed by atoms with Gasteiger partial charge in [0.1, 0.15) is 6.54 Å². The van der Waals surface area contributed by atoms with E-state index in [1.807, 2.05) is 29.1 Å². The number of nitrogens with zero attached hydrogens (tertiary/aromatic N) is 5. The number of piperazine rings is 1. The summed E-state index contributed by atoms with van der Waals surface area (Å²) in [5, 5.41) is 4.02. The molecule has 29 heavy (non-hydrogen) atoms. The number of methoxy groups -OCH3 is 1. The van der Waals surface area contributed by atoms with Crippen LogP contribution in [-0.2, 0) is 14.3 Å². The van der Waals surface area contributed by atoms with E-state index in [0.717, 1.165) is 52.1 Å². The predicted octanol–water partition coefficient (Wildman–Crippen LogP) is 1.31. The predicted molar refractivity (Wildman–Crippen MR) is 116 cm³/mol. The number of anilines is 1. The maximum Gasteiger partial charge on any atom is 0.321 e. The van der Waals surface area contributed by atoms with Gasteiger partial charge in [0, 0.05) is 70.3 Å². The Bertz CT molecular complexity index is 636. The third kappa shape index (κ3) is 6.70. The number of halogens is 2. The first-order valence-corrected chi connectivity index (χ1v) is 9.55. The first kappa shape index (κ1) is 25.4. The van der Waals surface area contributed by atoms with Crippen LogP contribution in [0.25, 0.3) is 0 Å². The molecule has 2 aliphatic rings. The summed E-state index contributed by atoms with van der Waals surface area (Å²) in [5.74, 6) is 0.114. The maximum atomic E-state index is 12.9. The van der Waals surface area contributed by atoms with Gasteiger partial charge < -0.3 is 14.5 Å². The number of carbonyl (C=O) groups excluding carboxylic acids is 2. The molecule has 8 nitrogen and oxygen atoms in total. The fraction of sp³-hybridized carbons (Fsp3) is 0.632. The van der Waals surface area contributed by atoms with Crippen molar-refractivity contribution in [2.75, 3.05) is 64.9 Å². The van der Waals surface area contributed by atoms with E-state index in [1.165, 1.54) is 12.8 Å². The van der Waals surface area contributed by atoms with E-state index in [4.69, 9.17) is 4.74 Å². The van der Waals surface area contributed by atoms with Gasteiger partial charge in [-0.3, -0.25) is 14.6 Å². The molecule has 2 aliphatic heterocycles. The summed E-state index contributed by atoms with van der Waals surface area (Å²) in [5.41, 5.74) is 1.17. The zero-order valence-corrected chi connectivity index (χ0v) is 18.7. The van der Waals surface area contributed by atoms with Crippen molar-refractivity contribution < 1.29 is 14.3 Å². The summed E-state index contributed by atoms with van der Waals surface area (Å²) < 4.78 is 4.72. The molecule has 0 aliphatic carbocycles. The quantitative estimate of drug-likeness (QED) is 0.630. The molecule has 1 amide bonds. The molecule has 3 rings (SSSR count). The first-order valence-electron chi connectivity index (χ1n) is 9.55. The van der Waals surface area contributed by atoms with E-state index in [1.54, 1.807) is 12.4 Å². The second-order valence-corrected chi connectivity index (χ2v) is 7.14. The Morgan fingerprint density at radius 1 is 1.07 bits per heavy atom. The zero-order chi connectivity index (χ0) is 19.2. The number of hydrogen-bond acceptors (Lipinski definition) is 7. The third-order valence-electron chi connectivity index (χ3n) is 5.51. The van der Waals surface area contributed by atoms with Crippen LogP contribution in [0.4, 0.5) is 5.69 Å². The van der Waals surface area contributed by atoms with Crippen LogP contribution in [0.5, 0.6) is 0 Å². The van der Waals surface area contributed by atoms with E-state index in [2.05, 4.69) is 14.9 Å². The summed E-state index contributed by atoms with van der Waals surface area (Å²) in [4.78, 5) is 32.7. The van der Waals surface area contributed by atoms with Crippen molar-refractivity contribution in [3.8, 4) is 0 Å². The van der Waals surface area contributed by atoms with Gasteiger partial charge in [-0.2, -0.15) is 0 Å². The van der Waals surface area contributed by atoms with Crippen LogP contribution < -0.4 is 4.90 Å². The largest absolute Gasteiger partial charge is 0.468 e. The fourth-order valence-electron chi connectivity index (χ4n) is 3.80. The van der Waals surface area contributed by atoms with Crippen molar-refractivity contribution in [3.05, 3.63) is 24.5 Å². The molecule has 1 aromatic rings. The van der Waals surface area contributed by atoms with Gasteiger partial charge in [0.05, 0.1) is 7.11 Å². The molecule has 0 aromatic carbocycles. The van der Waals surface area contributed by atoms with E-state index in [-0.39, 0.29) is 49.2 Å². The number of pyridine rings is 1. The molecule has 0 radical (unpaired) electrons. The van der Waals surface area contributed by atoms with E-state index < -0.39 is 0 Å².